The minimum absolute atomic E-state index is 0.272. The lowest BCUT2D eigenvalue weighted by molar-refractivity contribution is 0.731. The lowest BCUT2D eigenvalue weighted by Crippen LogP contribution is -2.18. The van der Waals surface area contributed by atoms with E-state index in [-0.39, 0.29) is 15.6 Å². The van der Waals surface area contributed by atoms with Crippen LogP contribution >= 0.6 is 34.8 Å². The van der Waals surface area contributed by atoms with Crippen LogP contribution in [0.15, 0.2) is 21.9 Å². The average molecular weight is 413 g/mol. The van der Waals surface area contributed by atoms with E-state index in [0.29, 0.717) is 22.0 Å². The molecule has 0 spiro atoms. The third-order valence-electron chi connectivity index (χ3n) is 4.12. The van der Waals surface area contributed by atoms with Crippen molar-refractivity contribution in [3.8, 4) is 5.69 Å². The maximum Gasteiger partial charge on any atom is 0.280 e. The molecule has 0 saturated heterocycles. The summed E-state index contributed by atoms with van der Waals surface area (Å²) in [7, 11) is 1.85. The van der Waals surface area contributed by atoms with E-state index in [0.717, 1.165) is 17.1 Å². The molecule has 0 unspecified atom stereocenters. The number of nitrogens with one attached hydrogen (secondary N) is 1. The Morgan fingerprint density at radius 2 is 1.77 bits per heavy atom. The first-order valence-electron chi connectivity index (χ1n) is 7.71. The number of rotatable bonds is 3. The van der Waals surface area contributed by atoms with Crippen molar-refractivity contribution < 1.29 is 0 Å². The van der Waals surface area contributed by atoms with Crippen LogP contribution in [0, 0.1) is 20.8 Å². The number of hydrogen-bond donors (Lipinski definition) is 1. The molecular formula is C17H16Cl3N5O. The fourth-order valence-electron chi connectivity index (χ4n) is 2.70. The highest BCUT2D eigenvalue weighted by Crippen LogP contribution is 2.31. The van der Waals surface area contributed by atoms with Crippen LogP contribution < -0.4 is 5.56 Å². The zero-order valence-corrected chi connectivity index (χ0v) is 16.8. The molecule has 3 aromatic rings. The summed E-state index contributed by atoms with van der Waals surface area (Å²) in [6.45, 7) is 5.57. The van der Waals surface area contributed by atoms with Crippen LogP contribution in [-0.2, 0) is 7.05 Å². The summed E-state index contributed by atoms with van der Waals surface area (Å²) in [5, 5.41) is 8.23. The van der Waals surface area contributed by atoms with Gasteiger partial charge in [-0.1, -0.05) is 34.8 Å². The van der Waals surface area contributed by atoms with Gasteiger partial charge in [-0.25, -0.2) is 4.68 Å². The molecule has 6 nitrogen and oxygen atoms in total. The Kier molecular flexibility index (Phi) is 5.01. The molecule has 0 fully saturated rings. The number of aliphatic imine (C=N–C) groups is 1. The second kappa shape index (κ2) is 6.95. The molecule has 9 heteroatoms. The van der Waals surface area contributed by atoms with Crippen molar-refractivity contribution in [1.82, 2.24) is 19.6 Å². The predicted octanol–water partition coefficient (Wildman–Crippen LogP) is 4.54. The van der Waals surface area contributed by atoms with Gasteiger partial charge < -0.3 is 0 Å². The molecule has 0 saturated carbocycles. The second-order valence-corrected chi connectivity index (χ2v) is 7.16. The molecule has 0 aliphatic heterocycles. The Balaban J connectivity index is 2.10. The molecule has 1 aromatic carbocycles. The van der Waals surface area contributed by atoms with Gasteiger partial charge in [0.2, 0.25) is 0 Å². The Morgan fingerprint density at radius 3 is 2.31 bits per heavy atom. The Bertz CT molecular complexity index is 1070. The van der Waals surface area contributed by atoms with E-state index in [1.807, 2.05) is 20.9 Å². The highest BCUT2D eigenvalue weighted by Gasteiger charge is 2.17. The van der Waals surface area contributed by atoms with Crippen LogP contribution in [0.5, 0.6) is 0 Å². The van der Waals surface area contributed by atoms with Crippen molar-refractivity contribution in [3.05, 3.63) is 60.2 Å². The van der Waals surface area contributed by atoms with Crippen molar-refractivity contribution in [2.75, 3.05) is 0 Å². The molecular weight excluding hydrogens is 397 g/mol. The van der Waals surface area contributed by atoms with Crippen LogP contribution in [0.3, 0.4) is 0 Å². The Morgan fingerprint density at radius 1 is 1.15 bits per heavy atom. The maximum atomic E-state index is 12.8. The quantitative estimate of drug-likeness (QED) is 0.642. The summed E-state index contributed by atoms with van der Waals surface area (Å²) in [6, 6.07) is 3.06. The van der Waals surface area contributed by atoms with Gasteiger partial charge in [0, 0.05) is 24.0 Å². The molecule has 0 bridgehead atoms. The van der Waals surface area contributed by atoms with Crippen molar-refractivity contribution in [2.24, 2.45) is 12.0 Å². The minimum atomic E-state index is -0.309. The first-order valence-corrected chi connectivity index (χ1v) is 8.85. The molecule has 0 aliphatic carbocycles. The van der Waals surface area contributed by atoms with E-state index in [1.165, 1.54) is 23.0 Å². The van der Waals surface area contributed by atoms with E-state index in [9.17, 15) is 4.79 Å². The van der Waals surface area contributed by atoms with Crippen LogP contribution in [-0.4, -0.2) is 25.8 Å². The standard InChI is InChI=1S/C17H16Cl3N5O/c1-8-12(7-21-15-9(2)22-24(4)10(15)3)17(26)25(23-8)16-13(19)5-11(18)6-14(16)20/h5-7,23H,1-4H3. The van der Waals surface area contributed by atoms with Crippen LogP contribution in [0.1, 0.15) is 22.6 Å². The largest absolute Gasteiger partial charge is 0.295 e. The topological polar surface area (TPSA) is 68.0 Å². The van der Waals surface area contributed by atoms with Gasteiger partial charge in [-0.3, -0.25) is 19.6 Å². The lowest BCUT2D eigenvalue weighted by atomic mass is 10.2. The molecule has 0 radical (unpaired) electrons. The van der Waals surface area contributed by atoms with Gasteiger partial charge in [-0.2, -0.15) is 5.10 Å². The van der Waals surface area contributed by atoms with Crippen molar-refractivity contribution in [3.63, 3.8) is 0 Å². The van der Waals surface area contributed by atoms with E-state index in [2.05, 4.69) is 15.2 Å². The summed E-state index contributed by atoms with van der Waals surface area (Å²) in [5.41, 5.74) is 3.53. The highest BCUT2D eigenvalue weighted by molar-refractivity contribution is 6.40. The molecule has 1 N–H and O–H groups in total. The SMILES string of the molecule is Cc1nn(C)c(C)c1N=Cc1c(C)[nH]n(-c2c(Cl)cc(Cl)cc2Cl)c1=O. The van der Waals surface area contributed by atoms with Gasteiger partial charge in [-0.05, 0) is 32.9 Å². The number of aromatic nitrogens is 4. The van der Waals surface area contributed by atoms with E-state index < -0.39 is 0 Å². The first kappa shape index (κ1) is 18.8. The van der Waals surface area contributed by atoms with Crippen molar-refractivity contribution in [2.45, 2.75) is 20.8 Å². The van der Waals surface area contributed by atoms with Crippen molar-refractivity contribution >= 4 is 46.7 Å². The Labute approximate surface area is 165 Å². The predicted molar refractivity (Wildman–Crippen MR) is 106 cm³/mol. The van der Waals surface area contributed by atoms with Gasteiger partial charge in [0.25, 0.3) is 5.56 Å². The minimum Gasteiger partial charge on any atom is -0.295 e. The number of H-pyrrole nitrogens is 1. The summed E-state index contributed by atoms with van der Waals surface area (Å²) in [4.78, 5) is 17.3. The van der Waals surface area contributed by atoms with Crippen molar-refractivity contribution in [1.29, 1.82) is 0 Å². The lowest BCUT2D eigenvalue weighted by Gasteiger charge is -2.07. The zero-order chi connectivity index (χ0) is 19.2. The number of aromatic amines is 1. The summed E-state index contributed by atoms with van der Waals surface area (Å²) in [5.74, 6) is 0. The van der Waals surface area contributed by atoms with E-state index >= 15 is 0 Å². The number of benzene rings is 1. The van der Waals surface area contributed by atoms with Gasteiger partial charge in [0.1, 0.15) is 11.4 Å². The highest BCUT2D eigenvalue weighted by atomic mass is 35.5. The number of halogens is 3. The summed E-state index contributed by atoms with van der Waals surface area (Å²) < 4.78 is 3.04. The van der Waals surface area contributed by atoms with E-state index in [4.69, 9.17) is 34.8 Å². The van der Waals surface area contributed by atoms with Crippen LogP contribution in [0.4, 0.5) is 5.69 Å². The molecule has 2 heterocycles. The fourth-order valence-corrected chi connectivity index (χ4v) is 3.68. The average Bonchev–Trinajstić information content (AvgIpc) is 2.94. The molecule has 26 heavy (non-hydrogen) atoms. The molecule has 2 aromatic heterocycles. The van der Waals surface area contributed by atoms with Gasteiger partial charge in [0.15, 0.2) is 0 Å². The van der Waals surface area contributed by atoms with Gasteiger partial charge >= 0.3 is 0 Å². The maximum absolute atomic E-state index is 12.8. The zero-order valence-electron chi connectivity index (χ0n) is 14.6. The van der Waals surface area contributed by atoms with Gasteiger partial charge in [0.05, 0.1) is 27.0 Å². The summed E-state index contributed by atoms with van der Waals surface area (Å²) in [6.07, 6.45) is 1.53. The van der Waals surface area contributed by atoms with Gasteiger partial charge in [-0.15, -0.1) is 0 Å². The number of nitrogens with zero attached hydrogens (tertiary/aromatic N) is 4. The molecule has 0 aliphatic rings. The number of aryl methyl sites for hydroxylation is 3. The number of hydrogen-bond acceptors (Lipinski definition) is 3. The molecule has 0 atom stereocenters. The molecule has 136 valence electrons. The van der Waals surface area contributed by atoms with Crippen LogP contribution in [0.2, 0.25) is 15.1 Å². The second-order valence-electron chi connectivity index (χ2n) is 5.91. The third kappa shape index (κ3) is 3.20. The third-order valence-corrected chi connectivity index (χ3v) is 4.91. The summed E-state index contributed by atoms with van der Waals surface area (Å²) >= 11 is 18.4. The fraction of sp³-hybridized carbons (Fsp3) is 0.235. The molecule has 0 amide bonds. The normalized spacial score (nSPS) is 11.7. The molecule has 3 rings (SSSR count). The van der Waals surface area contributed by atoms with Crippen LogP contribution in [0.25, 0.3) is 5.69 Å². The first-order chi connectivity index (χ1) is 12.2. The smallest absolute Gasteiger partial charge is 0.280 e. The monoisotopic (exact) mass is 411 g/mol. The Hall–Kier alpha value is -2.02. The van der Waals surface area contributed by atoms with E-state index in [1.54, 1.807) is 11.6 Å².